The molecule has 7 nitrogen and oxygen atoms in total. The Kier molecular flexibility index (Phi) is 7.29. The number of aromatic hydroxyl groups is 1. The Morgan fingerprint density at radius 1 is 1.42 bits per heavy atom. The fourth-order valence-corrected chi connectivity index (χ4v) is 3.13. The Hall–Kier alpha value is -1.07. The van der Waals surface area contributed by atoms with Crippen molar-refractivity contribution >= 4 is 34.0 Å². The van der Waals surface area contributed by atoms with E-state index in [-0.39, 0.29) is 35.5 Å². The van der Waals surface area contributed by atoms with Gasteiger partial charge in [-0.15, -0.1) is 12.4 Å². The Balaban J connectivity index is 0.00000288. The second-order valence-corrected chi connectivity index (χ2v) is 6.14. The van der Waals surface area contributed by atoms with E-state index in [1.807, 2.05) is 0 Å². The number of phenols is 1. The third-order valence-electron chi connectivity index (χ3n) is 3.70. The molecule has 1 aliphatic rings. The topological polar surface area (TPSA) is 98.9 Å². The molecule has 1 atom stereocenters. The Labute approximate surface area is 151 Å². The number of hydrogen-bond donors (Lipinski definition) is 3. The maximum atomic E-state index is 14.3. The van der Waals surface area contributed by atoms with Crippen LogP contribution in [0.2, 0.25) is 0 Å². The molecule has 136 valence electrons. The van der Waals surface area contributed by atoms with Gasteiger partial charge in [0.1, 0.15) is 12.6 Å². The minimum atomic E-state index is -3.57. The minimum Gasteiger partial charge on any atom is -0.502 e. The molecule has 1 aromatic carbocycles. The van der Waals surface area contributed by atoms with Gasteiger partial charge >= 0.3 is 5.69 Å². The number of alkyl halides is 2. The Morgan fingerprint density at radius 2 is 2.00 bits per heavy atom. The van der Waals surface area contributed by atoms with Crippen LogP contribution in [0, 0.1) is 10.1 Å². The highest BCUT2D eigenvalue weighted by atomic mass is 79.9. The lowest BCUT2D eigenvalue weighted by atomic mass is 9.96. The molecule has 0 amide bonds. The van der Waals surface area contributed by atoms with Gasteiger partial charge in [0.25, 0.3) is 5.92 Å². The number of phenolic OH excluding ortho intramolecular Hbond substituents is 1. The smallest absolute Gasteiger partial charge is 0.312 e. The van der Waals surface area contributed by atoms with Crippen molar-refractivity contribution in [2.24, 2.45) is 0 Å². The molecule has 11 heteroatoms. The molecule has 1 fully saturated rings. The normalized spacial score (nSPS) is 17.2. The fraction of sp³-hybridized carbons (Fsp3) is 0.538. The molecule has 2 rings (SSSR count). The highest BCUT2D eigenvalue weighted by molar-refractivity contribution is 9.10. The third kappa shape index (κ3) is 4.31. The van der Waals surface area contributed by atoms with Crippen molar-refractivity contribution in [1.29, 1.82) is 0 Å². The predicted octanol–water partition coefficient (Wildman–Crippen LogP) is 2.06. The first-order valence-electron chi connectivity index (χ1n) is 6.88. The summed E-state index contributed by atoms with van der Waals surface area (Å²) in [5.41, 5.74) is -0.949. The number of hydrogen-bond acceptors (Lipinski definition) is 6. The van der Waals surface area contributed by atoms with Crippen molar-refractivity contribution < 1.29 is 23.9 Å². The largest absolute Gasteiger partial charge is 0.502 e. The van der Waals surface area contributed by atoms with E-state index >= 15 is 0 Å². The van der Waals surface area contributed by atoms with Gasteiger partial charge in [-0.3, -0.25) is 15.0 Å². The average Bonchev–Trinajstić information content (AvgIpc) is 2.51. The van der Waals surface area contributed by atoms with Crippen molar-refractivity contribution in [3.05, 3.63) is 32.3 Å². The highest BCUT2D eigenvalue weighted by Gasteiger charge is 2.46. The van der Waals surface area contributed by atoms with Gasteiger partial charge in [0.15, 0.2) is 5.75 Å². The van der Waals surface area contributed by atoms with Crippen molar-refractivity contribution in [3.8, 4) is 5.75 Å². The first-order chi connectivity index (χ1) is 10.8. The summed E-state index contributed by atoms with van der Waals surface area (Å²) in [6.45, 7) is 0.0328. The molecule has 24 heavy (non-hydrogen) atoms. The van der Waals surface area contributed by atoms with Crippen LogP contribution in [0.3, 0.4) is 0 Å². The number of nitrogens with zero attached hydrogens (tertiary/aromatic N) is 2. The molecule has 1 saturated heterocycles. The summed E-state index contributed by atoms with van der Waals surface area (Å²) in [5.74, 6) is -4.38. The van der Waals surface area contributed by atoms with Crippen LogP contribution >= 0.6 is 28.3 Å². The summed E-state index contributed by atoms with van der Waals surface area (Å²) in [4.78, 5) is 11.6. The van der Waals surface area contributed by atoms with Gasteiger partial charge in [0, 0.05) is 42.3 Å². The Morgan fingerprint density at radius 3 is 2.50 bits per heavy atom. The minimum absolute atomic E-state index is 0. The molecule has 0 spiro atoms. The van der Waals surface area contributed by atoms with Crippen molar-refractivity contribution in [3.63, 3.8) is 0 Å². The summed E-state index contributed by atoms with van der Waals surface area (Å²) in [6, 6.07) is 0.606. The van der Waals surface area contributed by atoms with Gasteiger partial charge in [-0.1, -0.05) is 15.9 Å². The second-order valence-electron chi connectivity index (χ2n) is 5.23. The van der Waals surface area contributed by atoms with E-state index in [9.17, 15) is 24.0 Å². The number of nitro benzene ring substituents is 1. The lowest BCUT2D eigenvalue weighted by Gasteiger charge is -2.38. The monoisotopic (exact) mass is 431 g/mol. The van der Waals surface area contributed by atoms with Crippen LogP contribution in [0.1, 0.15) is 11.6 Å². The molecule has 1 heterocycles. The van der Waals surface area contributed by atoms with Gasteiger partial charge in [0.2, 0.25) is 0 Å². The van der Waals surface area contributed by atoms with Gasteiger partial charge in [-0.25, -0.2) is 8.78 Å². The summed E-state index contributed by atoms with van der Waals surface area (Å²) in [6.07, 6.45) is 0. The molecule has 3 N–H and O–H groups in total. The van der Waals surface area contributed by atoms with E-state index in [0.29, 0.717) is 13.1 Å². The fourth-order valence-electron chi connectivity index (χ4n) is 2.67. The predicted molar refractivity (Wildman–Crippen MR) is 88.9 cm³/mol. The number of piperazine rings is 1. The van der Waals surface area contributed by atoms with E-state index in [4.69, 9.17) is 5.11 Å². The summed E-state index contributed by atoms with van der Waals surface area (Å²) < 4.78 is 28.8. The number of rotatable bonds is 5. The third-order valence-corrected chi connectivity index (χ3v) is 4.16. The van der Waals surface area contributed by atoms with Gasteiger partial charge < -0.3 is 15.5 Å². The van der Waals surface area contributed by atoms with Crippen molar-refractivity contribution in [2.45, 2.75) is 12.0 Å². The molecule has 0 unspecified atom stereocenters. The molecule has 0 bridgehead atoms. The lowest BCUT2D eigenvalue weighted by molar-refractivity contribution is -0.386. The molecule has 1 aliphatic heterocycles. The number of halogens is 4. The molecule has 0 aromatic heterocycles. The van der Waals surface area contributed by atoms with Crippen molar-refractivity contribution in [2.75, 3.05) is 32.8 Å². The zero-order valence-corrected chi connectivity index (χ0v) is 14.8. The summed E-state index contributed by atoms with van der Waals surface area (Å²) in [5, 5.41) is 33.2. The standard InChI is InChI=1S/C13H16BrF2N3O4.ClH/c14-8-5-9(11(21)10(6-8)19(22)23)12(13(15,16)7-20)18-3-1-17-2-4-18;/h5-6,12,17,20-21H,1-4,7H2;1H/t12-;/m0./s1. The molecular weight excluding hydrogens is 416 g/mol. The van der Waals surface area contributed by atoms with Crippen LogP contribution in [-0.4, -0.2) is 58.7 Å². The van der Waals surface area contributed by atoms with Gasteiger partial charge in [-0.2, -0.15) is 0 Å². The number of benzene rings is 1. The number of aliphatic hydroxyl groups is 1. The van der Waals surface area contributed by atoms with Crippen LogP contribution in [-0.2, 0) is 0 Å². The quantitative estimate of drug-likeness (QED) is 0.487. The van der Waals surface area contributed by atoms with E-state index in [2.05, 4.69) is 21.2 Å². The molecule has 1 aromatic rings. The molecular formula is C13H17BrClF2N3O4. The number of nitrogens with one attached hydrogen (secondary N) is 1. The zero-order chi connectivity index (χ0) is 17.2. The highest BCUT2D eigenvalue weighted by Crippen LogP contribution is 2.44. The van der Waals surface area contributed by atoms with Crippen LogP contribution in [0.5, 0.6) is 5.75 Å². The van der Waals surface area contributed by atoms with Crippen LogP contribution < -0.4 is 5.32 Å². The SMILES string of the molecule is Cl.O=[N+]([O-])c1cc(Br)cc([C@H](N2CCNCC2)C(F)(F)CO)c1O. The lowest BCUT2D eigenvalue weighted by Crippen LogP contribution is -2.51. The van der Waals surface area contributed by atoms with Crippen LogP contribution in [0.25, 0.3) is 0 Å². The molecule has 0 radical (unpaired) electrons. The first-order valence-corrected chi connectivity index (χ1v) is 7.67. The Bertz CT molecular complexity index is 603. The summed E-state index contributed by atoms with van der Waals surface area (Å²) >= 11 is 3.04. The van der Waals surface area contributed by atoms with Crippen LogP contribution in [0.15, 0.2) is 16.6 Å². The maximum absolute atomic E-state index is 14.3. The first kappa shape index (κ1) is 21.0. The van der Waals surface area contributed by atoms with Crippen molar-refractivity contribution in [1.82, 2.24) is 10.2 Å². The molecule has 0 saturated carbocycles. The summed E-state index contributed by atoms with van der Waals surface area (Å²) in [7, 11) is 0. The number of nitro groups is 1. The second kappa shape index (κ2) is 8.34. The maximum Gasteiger partial charge on any atom is 0.312 e. The van der Waals surface area contributed by atoms with E-state index in [1.165, 1.54) is 11.0 Å². The van der Waals surface area contributed by atoms with E-state index in [0.717, 1.165) is 6.07 Å². The average molecular weight is 433 g/mol. The van der Waals surface area contributed by atoms with Gasteiger partial charge in [-0.05, 0) is 6.07 Å². The van der Waals surface area contributed by atoms with Crippen LogP contribution in [0.4, 0.5) is 14.5 Å². The van der Waals surface area contributed by atoms with E-state index in [1.54, 1.807) is 0 Å². The molecule has 0 aliphatic carbocycles. The zero-order valence-electron chi connectivity index (χ0n) is 12.4. The number of aliphatic hydroxyl groups excluding tert-OH is 1. The van der Waals surface area contributed by atoms with Gasteiger partial charge in [0.05, 0.1) is 4.92 Å². The van der Waals surface area contributed by atoms with E-state index < -0.39 is 34.9 Å².